The summed E-state index contributed by atoms with van der Waals surface area (Å²) in [6.07, 6.45) is 3.03. The van der Waals surface area contributed by atoms with Crippen LogP contribution in [-0.2, 0) is 12.8 Å². The van der Waals surface area contributed by atoms with E-state index in [1.54, 1.807) is 11.3 Å². The minimum Gasteiger partial charge on any atom is -0.378 e. The van der Waals surface area contributed by atoms with Gasteiger partial charge in [-0.2, -0.15) is 0 Å². The van der Waals surface area contributed by atoms with Gasteiger partial charge in [0.25, 0.3) is 0 Å². The van der Waals surface area contributed by atoms with E-state index in [1.165, 1.54) is 21.1 Å². The van der Waals surface area contributed by atoms with Crippen LogP contribution in [0.15, 0.2) is 29.3 Å². The second-order valence-electron chi connectivity index (χ2n) is 6.85. The van der Waals surface area contributed by atoms with Gasteiger partial charge in [0.2, 0.25) is 0 Å². The Bertz CT molecular complexity index is 699. The van der Waals surface area contributed by atoms with Gasteiger partial charge in [0.1, 0.15) is 0 Å². The minimum absolute atomic E-state index is 0.820. The zero-order chi connectivity index (χ0) is 19.6. The van der Waals surface area contributed by atoms with E-state index in [4.69, 9.17) is 4.99 Å². The molecule has 0 unspecified atom stereocenters. The Balaban J connectivity index is 1.75. The van der Waals surface area contributed by atoms with Crippen LogP contribution < -0.4 is 15.5 Å². The molecule has 27 heavy (non-hydrogen) atoms. The van der Waals surface area contributed by atoms with Crippen molar-refractivity contribution in [3.8, 4) is 0 Å². The van der Waals surface area contributed by atoms with E-state index in [1.807, 2.05) is 0 Å². The molecule has 0 saturated carbocycles. The average Bonchev–Trinajstić information content (AvgIpc) is 2.96. The molecule has 0 aliphatic carbocycles. The van der Waals surface area contributed by atoms with E-state index >= 15 is 0 Å². The third-order valence-electron chi connectivity index (χ3n) is 4.39. The molecule has 148 valence electrons. The van der Waals surface area contributed by atoms with Gasteiger partial charge >= 0.3 is 0 Å². The van der Waals surface area contributed by atoms with Gasteiger partial charge in [0, 0.05) is 50.7 Å². The lowest BCUT2D eigenvalue weighted by Crippen LogP contribution is -2.38. The van der Waals surface area contributed by atoms with Crippen LogP contribution in [0.4, 0.5) is 5.69 Å². The standard InChI is InChI=1S/C21H33N5S/c1-6-22-21(24-15-13-20-25-16(2)17(3)27-20)23-14-7-8-18-9-11-19(12-10-18)26(4)5/h9-12H,6-8,13-15H2,1-5H3,(H2,22,23,24). The normalized spacial score (nSPS) is 11.5. The average molecular weight is 388 g/mol. The van der Waals surface area contributed by atoms with E-state index < -0.39 is 0 Å². The number of nitrogens with zero attached hydrogens (tertiary/aromatic N) is 3. The highest BCUT2D eigenvalue weighted by Crippen LogP contribution is 2.16. The second-order valence-corrected chi connectivity index (χ2v) is 8.14. The van der Waals surface area contributed by atoms with Gasteiger partial charge in [-0.3, -0.25) is 4.99 Å². The Hall–Kier alpha value is -2.08. The van der Waals surface area contributed by atoms with E-state index in [2.05, 4.69) is 79.6 Å². The maximum absolute atomic E-state index is 4.70. The molecule has 1 aromatic heterocycles. The summed E-state index contributed by atoms with van der Waals surface area (Å²) in [6, 6.07) is 8.76. The summed E-state index contributed by atoms with van der Waals surface area (Å²) in [4.78, 5) is 12.7. The van der Waals surface area contributed by atoms with Crippen LogP contribution in [0.2, 0.25) is 0 Å². The van der Waals surface area contributed by atoms with E-state index in [0.29, 0.717) is 0 Å². The molecule has 0 amide bonds. The summed E-state index contributed by atoms with van der Waals surface area (Å²) >= 11 is 1.79. The number of guanidine groups is 1. The smallest absolute Gasteiger partial charge is 0.191 e. The molecule has 2 aromatic rings. The summed E-state index contributed by atoms with van der Waals surface area (Å²) in [5, 5.41) is 7.93. The molecule has 0 fully saturated rings. The molecule has 0 radical (unpaired) electrons. The molecule has 1 heterocycles. The fraction of sp³-hybridized carbons (Fsp3) is 0.524. The number of anilines is 1. The van der Waals surface area contributed by atoms with Crippen molar-refractivity contribution < 1.29 is 0 Å². The lowest BCUT2D eigenvalue weighted by atomic mass is 10.1. The monoisotopic (exact) mass is 387 g/mol. The first-order chi connectivity index (χ1) is 13.0. The summed E-state index contributed by atoms with van der Waals surface area (Å²) in [7, 11) is 4.13. The third-order valence-corrected chi connectivity index (χ3v) is 5.53. The van der Waals surface area contributed by atoms with Crippen molar-refractivity contribution in [2.75, 3.05) is 38.6 Å². The topological polar surface area (TPSA) is 52.6 Å². The first kappa shape index (κ1) is 21.2. The molecule has 0 spiro atoms. The van der Waals surface area contributed by atoms with Gasteiger partial charge < -0.3 is 15.5 Å². The maximum atomic E-state index is 4.70. The van der Waals surface area contributed by atoms with Crippen molar-refractivity contribution in [1.82, 2.24) is 15.6 Å². The van der Waals surface area contributed by atoms with Crippen LogP contribution in [-0.4, -0.2) is 44.7 Å². The Morgan fingerprint density at radius 3 is 2.44 bits per heavy atom. The highest BCUT2D eigenvalue weighted by Gasteiger charge is 2.04. The molecule has 0 aliphatic heterocycles. The zero-order valence-corrected chi connectivity index (χ0v) is 18.1. The number of thiazole rings is 1. The number of aromatic nitrogens is 1. The second kappa shape index (κ2) is 10.9. The van der Waals surface area contributed by atoms with Crippen LogP contribution in [0.3, 0.4) is 0 Å². The minimum atomic E-state index is 0.820. The fourth-order valence-electron chi connectivity index (χ4n) is 2.71. The first-order valence-electron chi connectivity index (χ1n) is 9.71. The van der Waals surface area contributed by atoms with Gasteiger partial charge in [-0.1, -0.05) is 12.1 Å². The van der Waals surface area contributed by atoms with Crippen molar-refractivity contribution in [2.45, 2.75) is 40.0 Å². The Kier molecular flexibility index (Phi) is 8.58. The Morgan fingerprint density at radius 2 is 1.85 bits per heavy atom. The van der Waals surface area contributed by atoms with Gasteiger partial charge in [-0.15, -0.1) is 11.3 Å². The van der Waals surface area contributed by atoms with Crippen LogP contribution in [0.25, 0.3) is 0 Å². The summed E-state index contributed by atoms with van der Waals surface area (Å²) in [6.45, 7) is 8.83. The third kappa shape index (κ3) is 7.21. The number of benzene rings is 1. The number of aryl methyl sites for hydroxylation is 3. The van der Waals surface area contributed by atoms with Crippen molar-refractivity contribution >= 4 is 23.0 Å². The van der Waals surface area contributed by atoms with E-state index in [9.17, 15) is 0 Å². The summed E-state index contributed by atoms with van der Waals surface area (Å²) in [5.74, 6) is 0.894. The summed E-state index contributed by atoms with van der Waals surface area (Å²) < 4.78 is 0. The van der Waals surface area contributed by atoms with Gasteiger partial charge in [0.15, 0.2) is 5.96 Å². The Labute approximate surface area is 167 Å². The first-order valence-corrected chi connectivity index (χ1v) is 10.5. The van der Waals surface area contributed by atoms with Crippen molar-refractivity contribution in [3.05, 3.63) is 45.4 Å². The molecule has 2 N–H and O–H groups in total. The van der Waals surface area contributed by atoms with Crippen molar-refractivity contribution in [2.24, 2.45) is 4.99 Å². The van der Waals surface area contributed by atoms with Crippen molar-refractivity contribution in [3.63, 3.8) is 0 Å². The molecule has 0 bridgehead atoms. The van der Waals surface area contributed by atoms with Crippen LogP contribution >= 0.6 is 11.3 Å². The quantitative estimate of drug-likeness (QED) is 0.392. The lowest BCUT2D eigenvalue weighted by molar-refractivity contribution is 0.774. The van der Waals surface area contributed by atoms with E-state index in [-0.39, 0.29) is 0 Å². The highest BCUT2D eigenvalue weighted by molar-refractivity contribution is 7.11. The molecule has 6 heteroatoms. The van der Waals surface area contributed by atoms with Crippen LogP contribution in [0.5, 0.6) is 0 Å². The maximum Gasteiger partial charge on any atom is 0.191 e. The number of hydrogen-bond acceptors (Lipinski definition) is 4. The van der Waals surface area contributed by atoms with Gasteiger partial charge in [0.05, 0.1) is 10.7 Å². The summed E-state index contributed by atoms with van der Waals surface area (Å²) in [5.41, 5.74) is 3.75. The molecule has 1 aromatic carbocycles. The molecule has 2 rings (SSSR count). The predicted molar refractivity (Wildman–Crippen MR) is 118 cm³/mol. The lowest BCUT2D eigenvalue weighted by Gasteiger charge is -2.12. The predicted octanol–water partition coefficient (Wildman–Crippen LogP) is 3.56. The number of nitrogens with one attached hydrogen (secondary N) is 2. The zero-order valence-electron chi connectivity index (χ0n) is 17.3. The molecular formula is C21H33N5S. The van der Waals surface area contributed by atoms with E-state index in [0.717, 1.165) is 50.6 Å². The highest BCUT2D eigenvalue weighted by atomic mass is 32.1. The number of hydrogen-bond donors (Lipinski definition) is 2. The number of aliphatic imine (C=N–C) groups is 1. The largest absolute Gasteiger partial charge is 0.378 e. The molecule has 0 aliphatic rings. The van der Waals surface area contributed by atoms with Crippen LogP contribution in [0, 0.1) is 13.8 Å². The van der Waals surface area contributed by atoms with Crippen LogP contribution in [0.1, 0.15) is 34.5 Å². The Morgan fingerprint density at radius 1 is 1.11 bits per heavy atom. The fourth-order valence-corrected chi connectivity index (χ4v) is 3.64. The molecule has 0 saturated heterocycles. The van der Waals surface area contributed by atoms with Crippen molar-refractivity contribution in [1.29, 1.82) is 0 Å². The molecule has 0 atom stereocenters. The molecule has 5 nitrogen and oxygen atoms in total. The molecular weight excluding hydrogens is 354 g/mol. The number of rotatable bonds is 9. The van der Waals surface area contributed by atoms with Gasteiger partial charge in [-0.25, -0.2) is 4.98 Å². The SMILES string of the molecule is CCNC(=NCCCc1ccc(N(C)C)cc1)NCCc1nc(C)c(C)s1. The van der Waals surface area contributed by atoms with Gasteiger partial charge in [-0.05, 0) is 51.3 Å².